The molecule has 0 saturated carbocycles. The lowest BCUT2D eigenvalue weighted by atomic mass is 10.1. The highest BCUT2D eigenvalue weighted by molar-refractivity contribution is 5.42. The van der Waals surface area contributed by atoms with Gasteiger partial charge in [-0.15, -0.1) is 0 Å². The molecule has 0 radical (unpaired) electrons. The number of hydrogen-bond acceptors (Lipinski definition) is 3. The first-order valence-electron chi connectivity index (χ1n) is 7.13. The van der Waals surface area contributed by atoms with Gasteiger partial charge in [0.05, 0.1) is 18.5 Å². The first-order chi connectivity index (χ1) is 9.60. The molecule has 1 heterocycles. The van der Waals surface area contributed by atoms with Crippen LogP contribution in [0.5, 0.6) is 5.75 Å². The van der Waals surface area contributed by atoms with Crippen molar-refractivity contribution in [1.82, 2.24) is 9.78 Å². The van der Waals surface area contributed by atoms with Gasteiger partial charge in [-0.2, -0.15) is 5.10 Å². The SMILES string of the molecule is CCOc1ccc(C(C)Nc2cnn(C(C)C)c2)cc1. The molecule has 108 valence electrons. The standard InChI is InChI=1S/C16H23N3O/c1-5-20-16-8-6-14(7-9-16)13(4)18-15-10-17-19(11-15)12(2)3/h6-13,18H,5H2,1-4H3. The van der Waals surface area contributed by atoms with E-state index in [1.807, 2.05) is 36.1 Å². The van der Waals surface area contributed by atoms with E-state index in [9.17, 15) is 0 Å². The number of anilines is 1. The Morgan fingerprint density at radius 2 is 1.90 bits per heavy atom. The summed E-state index contributed by atoms with van der Waals surface area (Å²) in [5.74, 6) is 0.913. The molecule has 0 aliphatic rings. The summed E-state index contributed by atoms with van der Waals surface area (Å²) in [6.45, 7) is 9.06. The van der Waals surface area contributed by atoms with Crippen molar-refractivity contribution in [2.75, 3.05) is 11.9 Å². The van der Waals surface area contributed by atoms with Crippen LogP contribution in [0, 0.1) is 0 Å². The highest BCUT2D eigenvalue weighted by Crippen LogP contribution is 2.22. The van der Waals surface area contributed by atoms with Gasteiger partial charge in [0.25, 0.3) is 0 Å². The van der Waals surface area contributed by atoms with Gasteiger partial charge in [-0.3, -0.25) is 4.68 Å². The molecule has 1 N–H and O–H groups in total. The van der Waals surface area contributed by atoms with Crippen molar-refractivity contribution < 1.29 is 4.74 Å². The van der Waals surface area contributed by atoms with Crippen molar-refractivity contribution in [3.05, 3.63) is 42.2 Å². The largest absolute Gasteiger partial charge is 0.494 e. The molecule has 0 saturated heterocycles. The fraction of sp³-hybridized carbons (Fsp3) is 0.438. The second-order valence-corrected chi connectivity index (χ2v) is 5.17. The number of ether oxygens (including phenoxy) is 1. The van der Waals surface area contributed by atoms with Crippen LogP contribution >= 0.6 is 0 Å². The number of nitrogens with one attached hydrogen (secondary N) is 1. The zero-order chi connectivity index (χ0) is 14.5. The topological polar surface area (TPSA) is 39.1 Å². The second-order valence-electron chi connectivity index (χ2n) is 5.17. The second kappa shape index (κ2) is 6.46. The predicted octanol–water partition coefficient (Wildman–Crippen LogP) is 4.04. The van der Waals surface area contributed by atoms with Crippen LogP contribution in [-0.4, -0.2) is 16.4 Å². The van der Waals surface area contributed by atoms with Crippen LogP contribution in [0.2, 0.25) is 0 Å². The quantitative estimate of drug-likeness (QED) is 0.863. The van der Waals surface area contributed by atoms with Crippen molar-refractivity contribution >= 4 is 5.69 Å². The number of hydrogen-bond donors (Lipinski definition) is 1. The van der Waals surface area contributed by atoms with Gasteiger partial charge in [0.2, 0.25) is 0 Å². The van der Waals surface area contributed by atoms with Gasteiger partial charge in [0, 0.05) is 18.3 Å². The minimum absolute atomic E-state index is 0.232. The molecule has 1 aromatic carbocycles. The summed E-state index contributed by atoms with van der Waals surface area (Å²) in [4.78, 5) is 0. The van der Waals surface area contributed by atoms with E-state index < -0.39 is 0 Å². The molecule has 1 atom stereocenters. The zero-order valence-corrected chi connectivity index (χ0v) is 12.6. The van der Waals surface area contributed by atoms with E-state index >= 15 is 0 Å². The van der Waals surface area contributed by atoms with Crippen molar-refractivity contribution in [3.63, 3.8) is 0 Å². The van der Waals surface area contributed by atoms with E-state index in [-0.39, 0.29) is 6.04 Å². The smallest absolute Gasteiger partial charge is 0.119 e. The van der Waals surface area contributed by atoms with E-state index in [2.05, 4.69) is 43.3 Å². The average molecular weight is 273 g/mol. The van der Waals surface area contributed by atoms with Gasteiger partial charge < -0.3 is 10.1 Å². The van der Waals surface area contributed by atoms with Crippen LogP contribution in [0.15, 0.2) is 36.7 Å². The molecular weight excluding hydrogens is 250 g/mol. The van der Waals surface area contributed by atoms with Gasteiger partial charge >= 0.3 is 0 Å². The average Bonchev–Trinajstić information content (AvgIpc) is 2.88. The van der Waals surface area contributed by atoms with E-state index in [0.717, 1.165) is 11.4 Å². The maximum Gasteiger partial charge on any atom is 0.119 e. The fourth-order valence-electron chi connectivity index (χ4n) is 2.05. The first-order valence-corrected chi connectivity index (χ1v) is 7.13. The molecule has 0 fully saturated rings. The van der Waals surface area contributed by atoms with Crippen molar-refractivity contribution in [2.45, 2.75) is 39.8 Å². The van der Waals surface area contributed by atoms with Crippen LogP contribution in [0.4, 0.5) is 5.69 Å². The van der Waals surface area contributed by atoms with Gasteiger partial charge in [0.15, 0.2) is 0 Å². The molecule has 0 bridgehead atoms. The van der Waals surface area contributed by atoms with Crippen molar-refractivity contribution in [2.24, 2.45) is 0 Å². The Morgan fingerprint density at radius 3 is 2.45 bits per heavy atom. The fourth-order valence-corrected chi connectivity index (χ4v) is 2.05. The summed E-state index contributed by atoms with van der Waals surface area (Å²) < 4.78 is 7.41. The Hall–Kier alpha value is -1.97. The van der Waals surface area contributed by atoms with Crippen LogP contribution in [-0.2, 0) is 0 Å². The Bertz CT molecular complexity index is 531. The Morgan fingerprint density at radius 1 is 1.20 bits per heavy atom. The highest BCUT2D eigenvalue weighted by Gasteiger charge is 2.08. The first kappa shape index (κ1) is 14.4. The van der Waals surface area contributed by atoms with E-state index in [1.54, 1.807) is 0 Å². The maximum atomic E-state index is 5.45. The maximum absolute atomic E-state index is 5.45. The van der Waals surface area contributed by atoms with Crippen LogP contribution in [0.25, 0.3) is 0 Å². The third-order valence-corrected chi connectivity index (χ3v) is 3.20. The third-order valence-electron chi connectivity index (χ3n) is 3.20. The summed E-state index contributed by atoms with van der Waals surface area (Å²) in [5.41, 5.74) is 2.27. The van der Waals surface area contributed by atoms with Crippen LogP contribution in [0.3, 0.4) is 0 Å². The van der Waals surface area contributed by atoms with Crippen LogP contribution < -0.4 is 10.1 Å². The van der Waals surface area contributed by atoms with E-state index in [4.69, 9.17) is 4.74 Å². The molecule has 2 aromatic rings. The molecule has 4 heteroatoms. The van der Waals surface area contributed by atoms with E-state index in [1.165, 1.54) is 5.56 Å². The molecule has 1 aromatic heterocycles. The summed E-state index contributed by atoms with van der Waals surface area (Å²) in [5, 5.41) is 7.80. The molecule has 0 aliphatic carbocycles. The lowest BCUT2D eigenvalue weighted by molar-refractivity contribution is 0.340. The summed E-state index contributed by atoms with van der Waals surface area (Å²) in [6.07, 6.45) is 3.90. The zero-order valence-electron chi connectivity index (χ0n) is 12.6. The molecular formula is C16H23N3O. The van der Waals surface area contributed by atoms with Crippen molar-refractivity contribution in [3.8, 4) is 5.75 Å². The summed E-state index contributed by atoms with van der Waals surface area (Å²) in [7, 11) is 0. The number of nitrogens with zero attached hydrogens (tertiary/aromatic N) is 2. The van der Waals surface area contributed by atoms with Gasteiger partial charge in [-0.25, -0.2) is 0 Å². The Kier molecular flexibility index (Phi) is 4.66. The van der Waals surface area contributed by atoms with Gasteiger partial charge in [-0.1, -0.05) is 12.1 Å². The summed E-state index contributed by atoms with van der Waals surface area (Å²) >= 11 is 0. The van der Waals surface area contributed by atoms with Crippen molar-refractivity contribution in [1.29, 1.82) is 0 Å². The predicted molar refractivity (Wildman–Crippen MR) is 82.3 cm³/mol. The monoisotopic (exact) mass is 273 g/mol. The molecule has 2 rings (SSSR count). The number of aromatic nitrogens is 2. The molecule has 1 unspecified atom stereocenters. The molecule has 0 aliphatic heterocycles. The molecule has 4 nitrogen and oxygen atoms in total. The number of rotatable bonds is 6. The molecule has 20 heavy (non-hydrogen) atoms. The molecule has 0 amide bonds. The lowest BCUT2D eigenvalue weighted by Crippen LogP contribution is -2.06. The normalized spacial score (nSPS) is 12.4. The Labute approximate surface area is 120 Å². The van der Waals surface area contributed by atoms with Gasteiger partial charge in [0.1, 0.15) is 5.75 Å². The summed E-state index contributed by atoms with van der Waals surface area (Å²) in [6, 6.07) is 8.82. The number of benzene rings is 1. The minimum Gasteiger partial charge on any atom is -0.494 e. The Balaban J connectivity index is 2.01. The van der Waals surface area contributed by atoms with Crippen LogP contribution in [0.1, 0.15) is 45.3 Å². The van der Waals surface area contributed by atoms with Gasteiger partial charge in [-0.05, 0) is 45.4 Å². The third kappa shape index (κ3) is 3.53. The highest BCUT2D eigenvalue weighted by atomic mass is 16.5. The molecule has 0 spiro atoms. The lowest BCUT2D eigenvalue weighted by Gasteiger charge is -2.14. The minimum atomic E-state index is 0.232. The van der Waals surface area contributed by atoms with E-state index in [0.29, 0.717) is 12.6 Å².